The van der Waals surface area contributed by atoms with E-state index in [2.05, 4.69) is 5.32 Å². The van der Waals surface area contributed by atoms with Gasteiger partial charge in [-0.1, -0.05) is 0 Å². The van der Waals surface area contributed by atoms with Crippen molar-refractivity contribution in [3.05, 3.63) is 29.8 Å². The summed E-state index contributed by atoms with van der Waals surface area (Å²) in [5.74, 6) is -0.271. The Kier molecular flexibility index (Phi) is 4.81. The quantitative estimate of drug-likeness (QED) is 0.890. The molecule has 0 saturated heterocycles. The van der Waals surface area contributed by atoms with Crippen LogP contribution in [0.5, 0.6) is 0 Å². The maximum atomic E-state index is 12.0. The Hall–Kier alpha value is -1.56. The molecule has 0 bridgehead atoms. The first kappa shape index (κ1) is 16.5. The molecule has 0 radical (unpaired) electrons. The third-order valence-corrected chi connectivity index (χ3v) is 5.48. The van der Waals surface area contributed by atoms with Gasteiger partial charge in [-0.15, -0.1) is 0 Å². The lowest BCUT2D eigenvalue weighted by Crippen LogP contribution is -2.43. The molecule has 0 aliphatic carbocycles. The molecule has 20 heavy (non-hydrogen) atoms. The summed E-state index contributed by atoms with van der Waals surface area (Å²) in [5, 5.41) is 2.66. The summed E-state index contributed by atoms with van der Waals surface area (Å²) in [6, 6.07) is 7.13. The zero-order valence-corrected chi connectivity index (χ0v) is 13.4. The van der Waals surface area contributed by atoms with Crippen molar-refractivity contribution < 1.29 is 13.2 Å². The minimum Gasteiger partial charge on any atom is -0.378 e. The molecule has 0 spiro atoms. The van der Waals surface area contributed by atoms with Crippen LogP contribution in [-0.4, -0.2) is 46.0 Å². The summed E-state index contributed by atoms with van der Waals surface area (Å²) >= 11 is 0. The van der Waals surface area contributed by atoms with Gasteiger partial charge in [0.05, 0.1) is 4.75 Å². The van der Waals surface area contributed by atoms with Gasteiger partial charge in [-0.3, -0.25) is 4.79 Å². The number of hydrogen-bond acceptors (Lipinski definition) is 4. The highest BCUT2D eigenvalue weighted by Gasteiger charge is 2.30. The second kappa shape index (κ2) is 5.83. The van der Waals surface area contributed by atoms with Gasteiger partial charge in [0.25, 0.3) is 5.91 Å². The first-order valence-electron chi connectivity index (χ1n) is 6.30. The molecular weight excluding hydrogens is 276 g/mol. The van der Waals surface area contributed by atoms with E-state index < -0.39 is 14.6 Å². The average Bonchev–Trinajstić information content (AvgIpc) is 2.34. The first-order chi connectivity index (χ1) is 9.04. The number of amides is 1. The molecule has 0 aliphatic rings. The van der Waals surface area contributed by atoms with Gasteiger partial charge in [0.1, 0.15) is 0 Å². The molecule has 5 nitrogen and oxygen atoms in total. The van der Waals surface area contributed by atoms with Crippen molar-refractivity contribution in [2.75, 3.05) is 31.8 Å². The van der Waals surface area contributed by atoms with Crippen LogP contribution >= 0.6 is 0 Å². The van der Waals surface area contributed by atoms with Gasteiger partial charge in [-0.25, -0.2) is 8.42 Å². The van der Waals surface area contributed by atoms with Gasteiger partial charge >= 0.3 is 0 Å². The van der Waals surface area contributed by atoms with Crippen LogP contribution in [0, 0.1) is 0 Å². The van der Waals surface area contributed by atoms with Crippen LogP contribution < -0.4 is 10.2 Å². The van der Waals surface area contributed by atoms with E-state index in [-0.39, 0.29) is 12.5 Å². The van der Waals surface area contributed by atoms with Crippen LogP contribution in [0.2, 0.25) is 0 Å². The smallest absolute Gasteiger partial charge is 0.251 e. The molecule has 1 rings (SSSR count). The maximum absolute atomic E-state index is 12.0. The number of carbonyl (C=O) groups excluding carboxylic acids is 1. The molecular formula is C14H22N2O3S. The van der Waals surface area contributed by atoms with E-state index in [0.717, 1.165) is 5.69 Å². The SMILES string of the molecule is CN(C)c1ccc(C(=O)NCC(C)(C)S(C)(=O)=O)cc1. The van der Waals surface area contributed by atoms with Crippen LogP contribution in [0.25, 0.3) is 0 Å². The van der Waals surface area contributed by atoms with E-state index >= 15 is 0 Å². The highest BCUT2D eigenvalue weighted by molar-refractivity contribution is 7.92. The number of hydrogen-bond donors (Lipinski definition) is 1. The van der Waals surface area contributed by atoms with E-state index in [1.807, 2.05) is 31.1 Å². The van der Waals surface area contributed by atoms with E-state index in [9.17, 15) is 13.2 Å². The number of anilines is 1. The summed E-state index contributed by atoms with van der Waals surface area (Å²) in [6.45, 7) is 3.27. The third kappa shape index (κ3) is 3.96. The molecule has 0 aliphatic heterocycles. The van der Waals surface area contributed by atoms with E-state index in [0.29, 0.717) is 5.56 Å². The van der Waals surface area contributed by atoms with Crippen molar-refractivity contribution in [1.82, 2.24) is 5.32 Å². The van der Waals surface area contributed by atoms with Gasteiger partial charge in [0.2, 0.25) is 0 Å². The van der Waals surface area contributed by atoms with Crippen molar-refractivity contribution in [2.24, 2.45) is 0 Å². The number of sulfone groups is 1. The highest BCUT2D eigenvalue weighted by Crippen LogP contribution is 2.15. The fraction of sp³-hybridized carbons (Fsp3) is 0.500. The van der Waals surface area contributed by atoms with Crippen molar-refractivity contribution in [3.63, 3.8) is 0 Å². The Morgan fingerprint density at radius 3 is 2.10 bits per heavy atom. The Balaban J connectivity index is 2.73. The highest BCUT2D eigenvalue weighted by atomic mass is 32.2. The summed E-state index contributed by atoms with van der Waals surface area (Å²) in [7, 11) is 0.621. The zero-order valence-electron chi connectivity index (χ0n) is 12.6. The fourth-order valence-electron chi connectivity index (χ4n) is 1.44. The molecule has 0 heterocycles. The number of rotatable bonds is 5. The molecule has 0 saturated carbocycles. The van der Waals surface area contributed by atoms with Gasteiger partial charge in [-0.05, 0) is 38.1 Å². The molecule has 112 valence electrons. The van der Waals surface area contributed by atoms with Crippen LogP contribution in [0.4, 0.5) is 5.69 Å². The van der Waals surface area contributed by atoms with Crippen molar-refractivity contribution >= 4 is 21.4 Å². The lowest BCUT2D eigenvalue weighted by Gasteiger charge is -2.22. The second-order valence-electron chi connectivity index (χ2n) is 5.66. The molecule has 0 fully saturated rings. The third-order valence-electron chi connectivity index (χ3n) is 3.32. The van der Waals surface area contributed by atoms with E-state index in [4.69, 9.17) is 0 Å². The molecule has 0 atom stereocenters. The summed E-state index contributed by atoms with van der Waals surface area (Å²) in [4.78, 5) is 13.9. The number of nitrogens with one attached hydrogen (secondary N) is 1. The first-order valence-corrected chi connectivity index (χ1v) is 8.19. The standard InChI is InChI=1S/C14H22N2O3S/c1-14(2,20(5,18)19)10-15-13(17)11-6-8-12(9-7-11)16(3)4/h6-9H,10H2,1-5H3,(H,15,17). The Labute approximate surface area is 120 Å². The largest absolute Gasteiger partial charge is 0.378 e. The van der Waals surface area contributed by atoms with Crippen molar-refractivity contribution in [1.29, 1.82) is 0 Å². The van der Waals surface area contributed by atoms with Crippen LogP contribution in [0.3, 0.4) is 0 Å². The Morgan fingerprint density at radius 1 is 1.20 bits per heavy atom. The number of benzene rings is 1. The normalized spacial score (nSPS) is 12.1. The van der Waals surface area contributed by atoms with Gasteiger partial charge in [-0.2, -0.15) is 0 Å². The van der Waals surface area contributed by atoms with Crippen molar-refractivity contribution in [2.45, 2.75) is 18.6 Å². The van der Waals surface area contributed by atoms with Crippen LogP contribution in [-0.2, 0) is 9.84 Å². The average molecular weight is 298 g/mol. The predicted octanol–water partition coefficient (Wildman–Crippen LogP) is 1.31. The minimum absolute atomic E-state index is 0.0834. The minimum atomic E-state index is -3.22. The monoisotopic (exact) mass is 298 g/mol. The van der Waals surface area contributed by atoms with Crippen molar-refractivity contribution in [3.8, 4) is 0 Å². The van der Waals surface area contributed by atoms with Gasteiger partial charge < -0.3 is 10.2 Å². The molecule has 1 aromatic carbocycles. The lowest BCUT2D eigenvalue weighted by molar-refractivity contribution is 0.0950. The summed E-state index contributed by atoms with van der Waals surface area (Å²) in [6.07, 6.45) is 1.17. The summed E-state index contributed by atoms with van der Waals surface area (Å²) < 4.78 is 22.1. The molecule has 0 aromatic heterocycles. The molecule has 1 N–H and O–H groups in total. The molecule has 0 unspecified atom stereocenters. The van der Waals surface area contributed by atoms with Gasteiger partial charge in [0, 0.05) is 38.1 Å². The fourth-order valence-corrected chi connectivity index (χ4v) is 1.77. The lowest BCUT2D eigenvalue weighted by atomic mass is 10.1. The Morgan fingerprint density at radius 2 is 1.70 bits per heavy atom. The molecule has 1 amide bonds. The summed E-state index contributed by atoms with van der Waals surface area (Å²) in [5.41, 5.74) is 1.51. The van der Waals surface area contributed by atoms with Crippen LogP contribution in [0.1, 0.15) is 24.2 Å². The Bertz CT molecular complexity index is 575. The topological polar surface area (TPSA) is 66.5 Å². The molecule has 6 heteroatoms. The molecule has 1 aromatic rings. The van der Waals surface area contributed by atoms with Crippen LogP contribution in [0.15, 0.2) is 24.3 Å². The zero-order chi connectivity index (χ0) is 15.6. The van der Waals surface area contributed by atoms with E-state index in [1.165, 1.54) is 6.26 Å². The maximum Gasteiger partial charge on any atom is 0.251 e. The number of nitrogens with zero attached hydrogens (tertiary/aromatic N) is 1. The number of carbonyl (C=O) groups is 1. The van der Waals surface area contributed by atoms with E-state index in [1.54, 1.807) is 26.0 Å². The predicted molar refractivity (Wildman–Crippen MR) is 82.0 cm³/mol. The second-order valence-corrected chi connectivity index (χ2v) is 8.31. The van der Waals surface area contributed by atoms with Gasteiger partial charge in [0.15, 0.2) is 9.84 Å².